The van der Waals surface area contributed by atoms with Crippen molar-refractivity contribution in [3.05, 3.63) is 56.8 Å². The maximum Gasteiger partial charge on any atom is 0.279 e. The molecule has 0 unspecified atom stereocenters. The van der Waals surface area contributed by atoms with Crippen LogP contribution < -0.4 is 10.5 Å². The van der Waals surface area contributed by atoms with Crippen molar-refractivity contribution in [3.8, 4) is 0 Å². The summed E-state index contributed by atoms with van der Waals surface area (Å²) in [5, 5.41) is 4.13. The van der Waals surface area contributed by atoms with Crippen LogP contribution in [0, 0.1) is 19.7 Å². The van der Waals surface area contributed by atoms with E-state index in [1.54, 1.807) is 30.9 Å². The van der Waals surface area contributed by atoms with Crippen LogP contribution in [0.5, 0.6) is 0 Å². The third-order valence-electron chi connectivity index (χ3n) is 5.77. The van der Waals surface area contributed by atoms with Crippen LogP contribution in [0.15, 0.2) is 23.0 Å². The lowest BCUT2D eigenvalue weighted by atomic mass is 9.65. The molecule has 2 aromatic rings. The van der Waals surface area contributed by atoms with Crippen LogP contribution in [-0.2, 0) is 12.5 Å². The summed E-state index contributed by atoms with van der Waals surface area (Å²) in [5.41, 5.74) is 1.87. The normalized spacial score (nSPS) is 17.5. The molecule has 0 radical (unpaired) electrons. The summed E-state index contributed by atoms with van der Waals surface area (Å²) in [4.78, 5) is 27.4. The fourth-order valence-corrected chi connectivity index (χ4v) is 4.16. The van der Waals surface area contributed by atoms with Crippen LogP contribution in [-0.4, -0.2) is 22.2 Å². The predicted molar refractivity (Wildman–Crippen MR) is 92.6 cm³/mol. The minimum atomic E-state index is -0.416. The lowest BCUT2D eigenvalue weighted by molar-refractivity contribution is 0.0975. The molecule has 1 aromatic heterocycles. The average molecular weight is 341 g/mol. The molecule has 0 N–H and O–H groups in total. The van der Waals surface area contributed by atoms with Crippen molar-refractivity contribution in [2.75, 3.05) is 11.4 Å². The summed E-state index contributed by atoms with van der Waals surface area (Å²) in [6, 6.07) is 4.85. The molecule has 1 aliphatic heterocycles. The van der Waals surface area contributed by atoms with Gasteiger partial charge in [0.1, 0.15) is 11.4 Å². The summed E-state index contributed by atoms with van der Waals surface area (Å²) in [7, 11) is 1.54. The standard InChI is InChI=1S/C19H20FN3O2/c1-11-12(2)21-22(3)17(24)15(11)18(25)23-10-19(8-5-9-19)16-13(20)6-4-7-14(16)23/h4,6-7H,5,8-10H2,1-3H3. The third-order valence-corrected chi connectivity index (χ3v) is 5.77. The first-order valence-electron chi connectivity index (χ1n) is 8.51. The Kier molecular flexibility index (Phi) is 3.36. The van der Waals surface area contributed by atoms with Gasteiger partial charge in [-0.2, -0.15) is 5.10 Å². The molecule has 5 nitrogen and oxygen atoms in total. The van der Waals surface area contributed by atoms with E-state index in [2.05, 4.69) is 5.10 Å². The maximum atomic E-state index is 14.5. The number of amides is 1. The number of hydrogen-bond acceptors (Lipinski definition) is 3. The van der Waals surface area contributed by atoms with Gasteiger partial charge in [0.15, 0.2) is 0 Å². The van der Waals surface area contributed by atoms with Crippen LogP contribution in [0.4, 0.5) is 10.1 Å². The van der Waals surface area contributed by atoms with Gasteiger partial charge in [0, 0.05) is 24.6 Å². The first-order chi connectivity index (χ1) is 11.9. The van der Waals surface area contributed by atoms with Gasteiger partial charge in [0.25, 0.3) is 11.5 Å². The van der Waals surface area contributed by atoms with Gasteiger partial charge in [0.05, 0.1) is 11.4 Å². The highest BCUT2D eigenvalue weighted by atomic mass is 19.1. The molecular formula is C19H20FN3O2. The molecular weight excluding hydrogens is 321 g/mol. The molecule has 1 fully saturated rings. The Morgan fingerprint density at radius 2 is 2.00 bits per heavy atom. The van der Waals surface area contributed by atoms with Crippen molar-refractivity contribution in [1.82, 2.24) is 9.78 Å². The maximum absolute atomic E-state index is 14.5. The number of anilines is 1. The number of fused-ring (bicyclic) bond motifs is 2. The summed E-state index contributed by atoms with van der Waals surface area (Å²) < 4.78 is 15.7. The summed E-state index contributed by atoms with van der Waals surface area (Å²) in [6.07, 6.45) is 2.78. The number of aryl methyl sites for hydroxylation is 2. The van der Waals surface area contributed by atoms with E-state index in [0.717, 1.165) is 19.3 Å². The molecule has 130 valence electrons. The quantitative estimate of drug-likeness (QED) is 0.801. The Balaban J connectivity index is 1.87. The monoisotopic (exact) mass is 341 g/mol. The Hall–Kier alpha value is -2.50. The van der Waals surface area contributed by atoms with Crippen molar-refractivity contribution >= 4 is 11.6 Å². The van der Waals surface area contributed by atoms with Crippen molar-refractivity contribution in [2.24, 2.45) is 7.05 Å². The first kappa shape index (κ1) is 16.0. The minimum Gasteiger partial charge on any atom is -0.307 e. The highest BCUT2D eigenvalue weighted by Gasteiger charge is 2.50. The molecule has 6 heteroatoms. The zero-order valence-corrected chi connectivity index (χ0v) is 14.6. The van der Waals surface area contributed by atoms with Crippen LogP contribution in [0.25, 0.3) is 0 Å². The number of halogens is 1. The fraction of sp³-hybridized carbons (Fsp3) is 0.421. The Labute approximate surface area is 145 Å². The van der Waals surface area contributed by atoms with Crippen LogP contribution in [0.2, 0.25) is 0 Å². The molecule has 1 saturated carbocycles. The van der Waals surface area contributed by atoms with Gasteiger partial charge in [-0.3, -0.25) is 9.59 Å². The largest absolute Gasteiger partial charge is 0.307 e. The van der Waals surface area contributed by atoms with Gasteiger partial charge in [-0.15, -0.1) is 0 Å². The number of aromatic nitrogens is 2. The smallest absolute Gasteiger partial charge is 0.279 e. The number of carbonyl (C=O) groups excluding carboxylic acids is 1. The topological polar surface area (TPSA) is 55.2 Å². The van der Waals surface area contributed by atoms with E-state index in [1.807, 2.05) is 0 Å². The fourth-order valence-electron chi connectivity index (χ4n) is 4.16. The third kappa shape index (κ3) is 2.09. The second-order valence-corrected chi connectivity index (χ2v) is 7.17. The zero-order chi connectivity index (χ0) is 17.9. The van der Waals surface area contributed by atoms with E-state index in [9.17, 15) is 14.0 Å². The Morgan fingerprint density at radius 3 is 2.64 bits per heavy atom. The number of nitrogens with zero attached hydrogens (tertiary/aromatic N) is 3. The Bertz CT molecular complexity index is 960. The van der Waals surface area contributed by atoms with E-state index >= 15 is 0 Å². The van der Waals surface area contributed by atoms with Crippen molar-refractivity contribution in [1.29, 1.82) is 0 Å². The van der Waals surface area contributed by atoms with Crippen LogP contribution >= 0.6 is 0 Å². The average Bonchev–Trinajstić information content (AvgIpc) is 2.90. The number of benzene rings is 1. The van der Waals surface area contributed by atoms with Gasteiger partial charge < -0.3 is 4.90 Å². The molecule has 25 heavy (non-hydrogen) atoms. The van der Waals surface area contributed by atoms with Crippen LogP contribution in [0.1, 0.15) is 46.4 Å². The Morgan fingerprint density at radius 1 is 1.28 bits per heavy atom. The summed E-state index contributed by atoms with van der Waals surface area (Å²) in [6.45, 7) is 3.95. The van der Waals surface area contributed by atoms with E-state index in [1.165, 1.54) is 17.8 Å². The molecule has 1 aromatic carbocycles. The highest BCUT2D eigenvalue weighted by molar-refractivity contribution is 6.08. The second-order valence-electron chi connectivity index (χ2n) is 7.17. The first-order valence-corrected chi connectivity index (χ1v) is 8.51. The summed E-state index contributed by atoms with van der Waals surface area (Å²) in [5.74, 6) is -0.623. The van der Waals surface area contributed by atoms with Gasteiger partial charge in [-0.05, 0) is 44.4 Å². The molecule has 1 aliphatic carbocycles. The summed E-state index contributed by atoms with van der Waals surface area (Å²) >= 11 is 0. The molecule has 1 amide bonds. The predicted octanol–water partition coefficient (Wildman–Crippen LogP) is 2.62. The van der Waals surface area contributed by atoms with Crippen molar-refractivity contribution in [3.63, 3.8) is 0 Å². The number of carbonyl (C=O) groups is 1. The van der Waals surface area contributed by atoms with E-state index in [-0.39, 0.29) is 22.7 Å². The molecule has 0 bridgehead atoms. The van der Waals surface area contributed by atoms with Crippen LogP contribution in [0.3, 0.4) is 0 Å². The highest BCUT2D eigenvalue weighted by Crippen LogP contribution is 2.53. The lowest BCUT2D eigenvalue weighted by Gasteiger charge is -2.39. The lowest BCUT2D eigenvalue weighted by Crippen LogP contribution is -2.43. The van der Waals surface area contributed by atoms with E-state index in [4.69, 9.17) is 0 Å². The molecule has 2 aliphatic rings. The zero-order valence-electron chi connectivity index (χ0n) is 14.6. The van der Waals surface area contributed by atoms with Gasteiger partial charge in [0.2, 0.25) is 0 Å². The van der Waals surface area contributed by atoms with Crippen molar-refractivity contribution < 1.29 is 9.18 Å². The van der Waals surface area contributed by atoms with E-state index in [0.29, 0.717) is 29.1 Å². The molecule has 1 spiro atoms. The van der Waals surface area contributed by atoms with Crippen molar-refractivity contribution in [2.45, 2.75) is 38.5 Å². The minimum absolute atomic E-state index is 0.126. The molecule has 0 saturated heterocycles. The van der Waals surface area contributed by atoms with Gasteiger partial charge in [-0.25, -0.2) is 9.07 Å². The second kappa shape index (κ2) is 5.25. The molecule has 0 atom stereocenters. The molecule has 2 heterocycles. The van der Waals surface area contributed by atoms with Gasteiger partial charge in [-0.1, -0.05) is 12.5 Å². The van der Waals surface area contributed by atoms with E-state index < -0.39 is 5.56 Å². The number of hydrogen-bond donors (Lipinski definition) is 0. The van der Waals surface area contributed by atoms with Gasteiger partial charge >= 0.3 is 0 Å². The molecule has 4 rings (SSSR count). The number of rotatable bonds is 1. The SMILES string of the molecule is Cc1nn(C)c(=O)c(C(=O)N2CC3(CCC3)c3c(F)cccc32)c1C.